The summed E-state index contributed by atoms with van der Waals surface area (Å²) in [5.74, 6) is 0.646. The predicted molar refractivity (Wildman–Crippen MR) is 127 cm³/mol. The van der Waals surface area contributed by atoms with Gasteiger partial charge in [-0.2, -0.15) is 0 Å². The Kier molecular flexibility index (Phi) is 5.98. The molecule has 6 nitrogen and oxygen atoms in total. The Bertz CT molecular complexity index is 1280. The normalized spacial score (nSPS) is 16.8. The molecule has 4 aromatic rings. The molecule has 5 rings (SSSR count). The van der Waals surface area contributed by atoms with Gasteiger partial charge < -0.3 is 9.64 Å². The first-order valence-electron chi connectivity index (χ1n) is 11.1. The molecule has 0 radical (unpaired) electrons. The predicted octanol–water partition coefficient (Wildman–Crippen LogP) is 4.47. The molecule has 1 aliphatic rings. The molecular formula is C26H26FN5O. The quantitative estimate of drug-likeness (QED) is 0.454. The van der Waals surface area contributed by atoms with Gasteiger partial charge in [0, 0.05) is 62.6 Å². The number of ether oxygens (including phenoxy) is 1. The topological polar surface area (TPSA) is 54.4 Å². The maximum Gasteiger partial charge on any atom is 0.133 e. The SMILES string of the molecule is CN(C)c1nc2ccccc2cc1CN1CCO[C@@H](c2nccnc2-c2ccccc2F)C1. The van der Waals surface area contributed by atoms with E-state index in [2.05, 4.69) is 31.9 Å². The summed E-state index contributed by atoms with van der Waals surface area (Å²) < 4.78 is 20.6. The number of hydrogen-bond acceptors (Lipinski definition) is 6. The van der Waals surface area contributed by atoms with Crippen LogP contribution in [0.25, 0.3) is 22.2 Å². The summed E-state index contributed by atoms with van der Waals surface area (Å²) in [6, 6.07) is 17.0. The van der Waals surface area contributed by atoms with Crippen molar-refractivity contribution in [1.29, 1.82) is 0 Å². The Hall–Kier alpha value is -3.42. The van der Waals surface area contributed by atoms with Crippen LogP contribution in [-0.4, -0.2) is 53.6 Å². The summed E-state index contributed by atoms with van der Waals surface area (Å²) in [5.41, 5.74) is 3.78. The van der Waals surface area contributed by atoms with E-state index in [1.807, 2.05) is 32.3 Å². The van der Waals surface area contributed by atoms with Crippen molar-refractivity contribution in [2.24, 2.45) is 0 Å². The maximum absolute atomic E-state index is 14.5. The number of benzene rings is 2. The molecule has 1 fully saturated rings. The van der Waals surface area contributed by atoms with Gasteiger partial charge in [0.05, 0.1) is 23.5 Å². The lowest BCUT2D eigenvalue weighted by atomic mass is 10.0. The number of fused-ring (bicyclic) bond motifs is 1. The third kappa shape index (κ3) is 4.42. The number of nitrogens with zero attached hydrogens (tertiary/aromatic N) is 5. The van der Waals surface area contributed by atoms with Crippen molar-refractivity contribution in [2.45, 2.75) is 12.6 Å². The first-order valence-corrected chi connectivity index (χ1v) is 11.1. The first-order chi connectivity index (χ1) is 16.1. The van der Waals surface area contributed by atoms with E-state index in [0.717, 1.165) is 35.4 Å². The van der Waals surface area contributed by atoms with Crippen LogP contribution in [0.2, 0.25) is 0 Å². The number of aromatic nitrogens is 3. The second-order valence-corrected chi connectivity index (χ2v) is 8.42. The minimum absolute atomic E-state index is 0.293. The number of rotatable bonds is 5. The van der Waals surface area contributed by atoms with E-state index in [-0.39, 0.29) is 11.9 Å². The molecule has 168 valence electrons. The van der Waals surface area contributed by atoms with Gasteiger partial charge in [-0.25, -0.2) is 9.37 Å². The molecule has 1 aliphatic heterocycles. The number of hydrogen-bond donors (Lipinski definition) is 0. The van der Waals surface area contributed by atoms with Crippen molar-refractivity contribution in [2.75, 3.05) is 38.7 Å². The Morgan fingerprint density at radius 3 is 2.70 bits per heavy atom. The molecule has 1 atom stereocenters. The molecule has 2 aromatic heterocycles. The number of anilines is 1. The Balaban J connectivity index is 1.43. The lowest BCUT2D eigenvalue weighted by Crippen LogP contribution is -2.38. The van der Waals surface area contributed by atoms with Crippen LogP contribution in [0.1, 0.15) is 17.4 Å². The van der Waals surface area contributed by atoms with Gasteiger partial charge in [0.15, 0.2) is 0 Å². The number of morpholine rings is 1. The second-order valence-electron chi connectivity index (χ2n) is 8.42. The monoisotopic (exact) mass is 443 g/mol. The van der Waals surface area contributed by atoms with Crippen LogP contribution in [0.15, 0.2) is 67.0 Å². The van der Waals surface area contributed by atoms with E-state index in [9.17, 15) is 4.39 Å². The highest BCUT2D eigenvalue weighted by Gasteiger charge is 2.27. The van der Waals surface area contributed by atoms with Crippen molar-refractivity contribution >= 4 is 16.7 Å². The summed E-state index contributed by atoms with van der Waals surface area (Å²) in [6.45, 7) is 2.74. The number of pyridine rings is 1. The van der Waals surface area contributed by atoms with Gasteiger partial charge in [-0.1, -0.05) is 30.3 Å². The van der Waals surface area contributed by atoms with Gasteiger partial charge in [0.1, 0.15) is 17.7 Å². The minimum Gasteiger partial charge on any atom is -0.369 e. The summed E-state index contributed by atoms with van der Waals surface area (Å²) >= 11 is 0. The standard InChI is InChI=1S/C26H26FN5O/c1-31(2)26-19(15-18-7-3-6-10-22(18)30-26)16-32-13-14-33-23(17-32)25-24(28-11-12-29-25)20-8-4-5-9-21(20)27/h3-12,15,23H,13-14,16-17H2,1-2H3/t23-/m1/s1. The van der Waals surface area contributed by atoms with Crippen LogP contribution in [0, 0.1) is 5.82 Å². The molecule has 1 saturated heterocycles. The van der Waals surface area contributed by atoms with E-state index >= 15 is 0 Å². The Labute approximate surface area is 192 Å². The van der Waals surface area contributed by atoms with Crippen molar-refractivity contribution < 1.29 is 9.13 Å². The van der Waals surface area contributed by atoms with Crippen LogP contribution < -0.4 is 4.90 Å². The second kappa shape index (κ2) is 9.21. The fourth-order valence-electron chi connectivity index (χ4n) is 4.35. The van der Waals surface area contributed by atoms with Crippen LogP contribution in [-0.2, 0) is 11.3 Å². The zero-order chi connectivity index (χ0) is 22.8. The smallest absolute Gasteiger partial charge is 0.133 e. The lowest BCUT2D eigenvalue weighted by Gasteiger charge is -2.33. The largest absolute Gasteiger partial charge is 0.369 e. The fourth-order valence-corrected chi connectivity index (χ4v) is 4.35. The van der Waals surface area contributed by atoms with Crippen molar-refractivity contribution in [1.82, 2.24) is 19.9 Å². The van der Waals surface area contributed by atoms with Gasteiger partial charge in [-0.15, -0.1) is 0 Å². The molecule has 0 bridgehead atoms. The summed E-state index contributed by atoms with van der Waals surface area (Å²) in [4.78, 5) is 18.3. The first kappa shape index (κ1) is 21.4. The van der Waals surface area contributed by atoms with E-state index in [1.54, 1.807) is 30.6 Å². The molecule has 0 aliphatic carbocycles. The fraction of sp³-hybridized carbons (Fsp3) is 0.269. The molecule has 0 spiro atoms. The highest BCUT2D eigenvalue weighted by molar-refractivity contribution is 5.81. The third-order valence-corrected chi connectivity index (χ3v) is 5.91. The van der Waals surface area contributed by atoms with Gasteiger partial charge in [-0.05, 0) is 24.3 Å². The van der Waals surface area contributed by atoms with Crippen LogP contribution in [0.4, 0.5) is 10.2 Å². The lowest BCUT2D eigenvalue weighted by molar-refractivity contribution is -0.0348. The molecular weight excluding hydrogens is 417 g/mol. The average Bonchev–Trinajstić information content (AvgIpc) is 2.84. The molecule has 7 heteroatoms. The van der Waals surface area contributed by atoms with Gasteiger partial charge in [-0.3, -0.25) is 14.9 Å². The van der Waals surface area contributed by atoms with Crippen molar-refractivity contribution in [3.8, 4) is 11.3 Å². The van der Waals surface area contributed by atoms with E-state index in [0.29, 0.717) is 30.1 Å². The van der Waals surface area contributed by atoms with Crippen LogP contribution in [0.3, 0.4) is 0 Å². The van der Waals surface area contributed by atoms with E-state index in [4.69, 9.17) is 9.72 Å². The summed E-state index contributed by atoms with van der Waals surface area (Å²) in [5, 5.41) is 1.12. The van der Waals surface area contributed by atoms with Crippen LogP contribution >= 0.6 is 0 Å². The summed E-state index contributed by atoms with van der Waals surface area (Å²) in [7, 11) is 4.03. The molecule has 0 saturated carbocycles. The zero-order valence-electron chi connectivity index (χ0n) is 18.8. The van der Waals surface area contributed by atoms with Gasteiger partial charge >= 0.3 is 0 Å². The van der Waals surface area contributed by atoms with Gasteiger partial charge in [0.25, 0.3) is 0 Å². The highest BCUT2D eigenvalue weighted by atomic mass is 19.1. The molecule has 0 unspecified atom stereocenters. The van der Waals surface area contributed by atoms with Crippen LogP contribution in [0.5, 0.6) is 0 Å². The number of para-hydroxylation sites is 1. The Morgan fingerprint density at radius 1 is 1.06 bits per heavy atom. The Morgan fingerprint density at radius 2 is 1.85 bits per heavy atom. The van der Waals surface area contributed by atoms with Crippen molar-refractivity contribution in [3.05, 3.63) is 84.1 Å². The minimum atomic E-state index is -0.315. The molecule has 33 heavy (non-hydrogen) atoms. The third-order valence-electron chi connectivity index (χ3n) is 5.91. The number of halogens is 1. The van der Waals surface area contributed by atoms with E-state index < -0.39 is 0 Å². The maximum atomic E-state index is 14.5. The zero-order valence-corrected chi connectivity index (χ0v) is 18.8. The molecule has 0 N–H and O–H groups in total. The summed E-state index contributed by atoms with van der Waals surface area (Å²) in [6.07, 6.45) is 2.94. The highest BCUT2D eigenvalue weighted by Crippen LogP contribution is 2.31. The average molecular weight is 444 g/mol. The molecule has 0 amide bonds. The van der Waals surface area contributed by atoms with Crippen molar-refractivity contribution in [3.63, 3.8) is 0 Å². The molecule has 2 aromatic carbocycles. The van der Waals surface area contributed by atoms with E-state index in [1.165, 1.54) is 6.07 Å². The molecule has 3 heterocycles. The van der Waals surface area contributed by atoms with Gasteiger partial charge in [0.2, 0.25) is 0 Å².